The van der Waals surface area contributed by atoms with Gasteiger partial charge in [0.15, 0.2) is 11.6 Å². The topological polar surface area (TPSA) is 129 Å². The second-order valence-corrected chi connectivity index (χ2v) is 13.6. The molecule has 11 nitrogen and oxygen atoms in total. The van der Waals surface area contributed by atoms with Crippen LogP contribution >= 0.6 is 11.6 Å². The Labute approximate surface area is 259 Å². The number of hydrogen-bond donors (Lipinski definition) is 1. The summed E-state index contributed by atoms with van der Waals surface area (Å²) < 4.78 is 12.5. The first-order chi connectivity index (χ1) is 20.6. The molecule has 1 aliphatic carbocycles. The van der Waals surface area contributed by atoms with Crippen molar-refractivity contribution in [3.63, 3.8) is 0 Å². The number of carbonyl (C=O) groups excluding carboxylic acids is 3. The molecule has 0 radical (unpaired) electrons. The van der Waals surface area contributed by atoms with Crippen LogP contribution in [0.15, 0.2) is 48.9 Å². The Balaban J connectivity index is 1.43. The summed E-state index contributed by atoms with van der Waals surface area (Å²) in [5, 5.41) is 8.52. The largest absolute Gasteiger partial charge is 0.443 e. The third kappa shape index (κ3) is 5.04. The fourth-order valence-corrected chi connectivity index (χ4v) is 5.87. The molecule has 0 unspecified atom stereocenters. The number of aryl methyl sites for hydroxylation is 1. The summed E-state index contributed by atoms with van der Waals surface area (Å²) in [6, 6.07) is 11.2. The highest BCUT2D eigenvalue weighted by molar-refractivity contribution is 6.33. The fraction of sp³-hybridized carbons (Fsp3) is 0.375. The second-order valence-electron chi connectivity index (χ2n) is 13.2. The van der Waals surface area contributed by atoms with E-state index in [4.69, 9.17) is 21.1 Å². The first-order valence-electron chi connectivity index (χ1n) is 14.3. The van der Waals surface area contributed by atoms with Gasteiger partial charge in [0.25, 0.3) is 0 Å². The molecule has 2 amide bonds. The molecule has 228 valence electrons. The highest BCUT2D eigenvalue weighted by atomic mass is 35.5. The molecule has 1 N–H and O–H groups in total. The molecule has 2 aliphatic rings. The van der Waals surface area contributed by atoms with Crippen molar-refractivity contribution in [2.24, 2.45) is 0 Å². The van der Waals surface area contributed by atoms with Gasteiger partial charge in [0.1, 0.15) is 22.6 Å². The molecular formula is C32H33ClN6O5. The third-order valence-electron chi connectivity index (χ3n) is 7.57. The molecule has 6 rings (SSSR count). The van der Waals surface area contributed by atoms with Crippen LogP contribution in [0.3, 0.4) is 0 Å². The molecule has 2 aromatic heterocycles. The Kier molecular flexibility index (Phi) is 6.73. The van der Waals surface area contributed by atoms with Gasteiger partial charge in [0, 0.05) is 11.3 Å². The van der Waals surface area contributed by atoms with Crippen LogP contribution in [-0.2, 0) is 19.7 Å². The summed E-state index contributed by atoms with van der Waals surface area (Å²) in [6.07, 6.45) is 1.93. The van der Waals surface area contributed by atoms with Crippen molar-refractivity contribution >= 4 is 57.9 Å². The average Bonchev–Trinajstić information content (AvgIpc) is 3.50. The van der Waals surface area contributed by atoms with E-state index in [0.29, 0.717) is 34.6 Å². The van der Waals surface area contributed by atoms with Crippen LogP contribution < -0.4 is 10.2 Å². The highest BCUT2D eigenvalue weighted by Gasteiger charge is 2.68. The number of nitrogens with one attached hydrogen (secondary N) is 1. The van der Waals surface area contributed by atoms with Gasteiger partial charge in [-0.1, -0.05) is 35.4 Å². The zero-order valence-electron chi connectivity index (χ0n) is 25.6. The van der Waals surface area contributed by atoms with Crippen molar-refractivity contribution in [2.75, 3.05) is 10.2 Å². The van der Waals surface area contributed by atoms with Gasteiger partial charge in [-0.25, -0.2) is 24.5 Å². The number of benzene rings is 2. The highest BCUT2D eigenvalue weighted by Crippen LogP contribution is 2.66. The first kappa shape index (κ1) is 29.6. The predicted molar refractivity (Wildman–Crippen MR) is 166 cm³/mol. The summed E-state index contributed by atoms with van der Waals surface area (Å²) in [5.74, 6) is 0.104. The summed E-state index contributed by atoms with van der Waals surface area (Å²) in [5.41, 5.74) is 1.13. The molecule has 2 aromatic carbocycles. The number of hydrogen-bond acceptors (Lipinski definition) is 9. The van der Waals surface area contributed by atoms with E-state index in [2.05, 4.69) is 20.4 Å². The number of halogens is 1. The monoisotopic (exact) mass is 616 g/mol. The number of carbonyl (C=O) groups is 3. The molecule has 0 bridgehead atoms. The number of anilines is 3. The zero-order valence-corrected chi connectivity index (χ0v) is 26.3. The number of nitrogens with zero attached hydrogens (tertiary/aromatic N) is 5. The Morgan fingerprint density at radius 3 is 2.39 bits per heavy atom. The molecule has 1 aliphatic heterocycles. The van der Waals surface area contributed by atoms with Crippen LogP contribution in [0.2, 0.25) is 5.02 Å². The lowest BCUT2D eigenvalue weighted by Gasteiger charge is -2.24. The number of imide groups is 1. The van der Waals surface area contributed by atoms with Crippen molar-refractivity contribution in [1.82, 2.24) is 19.7 Å². The van der Waals surface area contributed by atoms with E-state index in [1.165, 1.54) is 17.2 Å². The van der Waals surface area contributed by atoms with Crippen molar-refractivity contribution in [3.8, 4) is 0 Å². The fourth-order valence-electron chi connectivity index (χ4n) is 5.72. The minimum absolute atomic E-state index is 0.248. The maximum atomic E-state index is 14.1. The molecule has 1 fully saturated rings. The van der Waals surface area contributed by atoms with E-state index in [1.54, 1.807) is 47.6 Å². The van der Waals surface area contributed by atoms with Crippen molar-refractivity contribution in [2.45, 2.75) is 77.4 Å². The summed E-state index contributed by atoms with van der Waals surface area (Å²) in [7, 11) is 0. The Hall–Kier alpha value is -4.51. The summed E-state index contributed by atoms with van der Waals surface area (Å²) >= 11 is 6.28. The van der Waals surface area contributed by atoms with E-state index in [9.17, 15) is 14.4 Å². The van der Waals surface area contributed by atoms with Crippen LogP contribution in [0.5, 0.6) is 0 Å². The Bertz CT molecular complexity index is 1860. The lowest BCUT2D eigenvalue weighted by atomic mass is 9.91. The van der Waals surface area contributed by atoms with Gasteiger partial charge in [-0.3, -0.25) is 4.79 Å². The van der Waals surface area contributed by atoms with Gasteiger partial charge in [-0.2, -0.15) is 4.68 Å². The van der Waals surface area contributed by atoms with Crippen LogP contribution in [0.4, 0.5) is 26.9 Å². The van der Waals surface area contributed by atoms with Gasteiger partial charge in [0.05, 0.1) is 22.8 Å². The number of aromatic nitrogens is 4. The SMILES string of the molecule is Cc1ccc2c(c1)[C@]1(C[C@H]1c1ccc3c(Nc4ncncc4Cl)nn(C(=O)OC(C)(C)C)c3c1)C(=O)N2C(=O)OC(C)(C)C. The van der Waals surface area contributed by atoms with Crippen LogP contribution in [0.25, 0.3) is 10.9 Å². The maximum Gasteiger partial charge on any atom is 0.435 e. The smallest absolute Gasteiger partial charge is 0.435 e. The molecule has 1 spiro atoms. The van der Waals surface area contributed by atoms with Gasteiger partial charge >= 0.3 is 12.2 Å². The Morgan fingerprint density at radius 2 is 1.70 bits per heavy atom. The number of fused-ring (bicyclic) bond motifs is 3. The van der Waals surface area contributed by atoms with Gasteiger partial charge in [-0.15, -0.1) is 5.10 Å². The summed E-state index contributed by atoms with van der Waals surface area (Å²) in [4.78, 5) is 49.9. The molecule has 3 heterocycles. The molecule has 4 aromatic rings. The van der Waals surface area contributed by atoms with Gasteiger partial charge in [-0.05, 0) is 84.2 Å². The zero-order chi connectivity index (χ0) is 31.8. The molecule has 0 saturated heterocycles. The van der Waals surface area contributed by atoms with Crippen LogP contribution in [0, 0.1) is 6.92 Å². The minimum atomic E-state index is -0.932. The summed E-state index contributed by atoms with van der Waals surface area (Å²) in [6.45, 7) is 12.6. The van der Waals surface area contributed by atoms with E-state index in [0.717, 1.165) is 21.6 Å². The number of amides is 2. The normalized spacial score (nSPS) is 19.3. The quantitative estimate of drug-likeness (QED) is 0.258. The van der Waals surface area contributed by atoms with Crippen LogP contribution in [-0.4, -0.2) is 49.0 Å². The first-order valence-corrected chi connectivity index (χ1v) is 14.6. The third-order valence-corrected chi connectivity index (χ3v) is 7.85. The van der Waals surface area contributed by atoms with E-state index in [1.807, 2.05) is 37.3 Å². The standard InChI is InChI=1S/C32H33ClN6O5/c1-17-8-11-23-20(12-17)32(27(40)38(23)28(41)43-30(2,3)4)14-21(32)18-9-10-19-24(13-18)39(29(42)44-31(5,6)7)37-25(19)36-26-22(33)15-34-16-35-26/h8-13,15-16,21H,14H2,1-7H3,(H,34,35,36,37)/t21-,32-/m0/s1. The van der Waals surface area contributed by atoms with E-state index in [-0.39, 0.29) is 16.8 Å². The molecule has 12 heteroatoms. The number of ether oxygens (including phenoxy) is 2. The Morgan fingerprint density at radius 1 is 1.00 bits per heavy atom. The van der Waals surface area contributed by atoms with E-state index >= 15 is 0 Å². The molecular weight excluding hydrogens is 584 g/mol. The number of rotatable bonds is 3. The van der Waals surface area contributed by atoms with Crippen LogP contribution in [0.1, 0.15) is 70.6 Å². The molecule has 44 heavy (non-hydrogen) atoms. The van der Waals surface area contributed by atoms with Gasteiger partial charge < -0.3 is 14.8 Å². The van der Waals surface area contributed by atoms with E-state index < -0.39 is 28.8 Å². The molecule has 2 atom stereocenters. The average molecular weight is 617 g/mol. The maximum absolute atomic E-state index is 14.1. The molecule has 1 saturated carbocycles. The van der Waals surface area contributed by atoms with Gasteiger partial charge in [0.2, 0.25) is 5.91 Å². The second kappa shape index (κ2) is 10.0. The predicted octanol–water partition coefficient (Wildman–Crippen LogP) is 7.02. The lowest BCUT2D eigenvalue weighted by molar-refractivity contribution is -0.120. The van der Waals surface area contributed by atoms with Crippen molar-refractivity contribution in [3.05, 3.63) is 70.6 Å². The van der Waals surface area contributed by atoms with Crippen molar-refractivity contribution in [1.29, 1.82) is 0 Å². The lowest BCUT2D eigenvalue weighted by Crippen LogP contribution is -2.41. The van der Waals surface area contributed by atoms with Crippen molar-refractivity contribution < 1.29 is 23.9 Å². The minimum Gasteiger partial charge on any atom is -0.443 e.